The molecule has 0 saturated carbocycles. The minimum atomic E-state index is -1.31. The van der Waals surface area contributed by atoms with Gasteiger partial charge in [-0.25, -0.2) is 19.3 Å². The van der Waals surface area contributed by atoms with Gasteiger partial charge < -0.3 is 36.2 Å². The number of amides is 1. The fourth-order valence-corrected chi connectivity index (χ4v) is 3.34. The standard InChI is InChI=1S/C19H19FN6O6/c20-8-4-9(13(28)10(27)5-8)18(31)22-3-1-2-11-14(29)15(30)19(32-11)26-7-25-12-16(21)23-6-24-17(12)26/h1-2,4-7,11,14-15,19,27-30H,3H2,(H,22,31)(H2,21,23,24)/b2-1+/t11-,14-,15-,19-/m1/s1. The lowest BCUT2D eigenvalue weighted by Crippen LogP contribution is -2.31. The molecule has 1 aliphatic heterocycles. The number of imidazole rings is 1. The summed E-state index contributed by atoms with van der Waals surface area (Å²) < 4.78 is 20.5. The van der Waals surface area contributed by atoms with E-state index in [1.807, 2.05) is 0 Å². The monoisotopic (exact) mass is 446 g/mol. The third-order valence-electron chi connectivity index (χ3n) is 4.94. The number of nitrogens with one attached hydrogen (secondary N) is 1. The molecule has 0 spiro atoms. The van der Waals surface area contributed by atoms with Crippen molar-refractivity contribution >= 4 is 22.9 Å². The molecular formula is C19H19FN6O6. The summed E-state index contributed by atoms with van der Waals surface area (Å²) in [6.07, 6.45) is 0.972. The number of nitrogen functional groups attached to an aromatic ring is 1. The van der Waals surface area contributed by atoms with Gasteiger partial charge in [0, 0.05) is 12.6 Å². The van der Waals surface area contributed by atoms with Crippen molar-refractivity contribution < 1.29 is 34.3 Å². The van der Waals surface area contributed by atoms with Crippen LogP contribution in [0.25, 0.3) is 11.2 Å². The van der Waals surface area contributed by atoms with Crippen molar-refractivity contribution in [1.82, 2.24) is 24.8 Å². The predicted octanol–water partition coefficient (Wildman–Crippen LogP) is -0.436. The van der Waals surface area contributed by atoms with Gasteiger partial charge in [-0.3, -0.25) is 9.36 Å². The molecule has 32 heavy (non-hydrogen) atoms. The lowest BCUT2D eigenvalue weighted by Gasteiger charge is -2.16. The third-order valence-corrected chi connectivity index (χ3v) is 4.94. The summed E-state index contributed by atoms with van der Waals surface area (Å²) in [6.45, 7) is -0.0688. The first-order valence-corrected chi connectivity index (χ1v) is 9.39. The van der Waals surface area contributed by atoms with Crippen LogP contribution in [-0.4, -0.2) is 70.7 Å². The molecule has 1 aromatic carbocycles. The summed E-state index contributed by atoms with van der Waals surface area (Å²) in [4.78, 5) is 24.1. The van der Waals surface area contributed by atoms with Crippen molar-refractivity contribution in [2.45, 2.75) is 24.5 Å². The number of ether oxygens (including phenoxy) is 1. The van der Waals surface area contributed by atoms with Gasteiger partial charge in [-0.15, -0.1) is 0 Å². The number of halogens is 1. The number of carbonyl (C=O) groups is 1. The smallest absolute Gasteiger partial charge is 0.255 e. The number of rotatable bonds is 5. The fourth-order valence-electron chi connectivity index (χ4n) is 3.34. The molecule has 2 aromatic heterocycles. The number of hydrogen-bond donors (Lipinski definition) is 6. The van der Waals surface area contributed by atoms with Gasteiger partial charge in [-0.1, -0.05) is 12.2 Å². The maximum atomic E-state index is 13.4. The Morgan fingerprint density at radius 1 is 1.25 bits per heavy atom. The Labute approximate surface area is 179 Å². The maximum absolute atomic E-state index is 13.4. The molecule has 4 rings (SSSR count). The molecule has 1 fully saturated rings. The molecule has 1 aliphatic rings. The van der Waals surface area contributed by atoms with E-state index in [1.165, 1.54) is 29.4 Å². The second kappa shape index (κ2) is 8.37. The first-order valence-electron chi connectivity index (χ1n) is 9.39. The van der Waals surface area contributed by atoms with Gasteiger partial charge in [0.1, 0.15) is 36.0 Å². The first kappa shape index (κ1) is 21.4. The normalized spacial score (nSPS) is 23.2. The van der Waals surface area contributed by atoms with Crippen molar-refractivity contribution in [3.05, 3.63) is 48.3 Å². The quantitative estimate of drug-likeness (QED) is 0.221. The van der Waals surface area contributed by atoms with Crippen LogP contribution in [0.5, 0.6) is 11.5 Å². The molecule has 0 bridgehead atoms. The molecule has 168 valence electrons. The second-order valence-corrected chi connectivity index (χ2v) is 7.01. The number of anilines is 1. The number of phenols is 2. The van der Waals surface area contributed by atoms with Gasteiger partial charge in [0.25, 0.3) is 5.91 Å². The van der Waals surface area contributed by atoms with Crippen LogP contribution in [-0.2, 0) is 4.74 Å². The minimum absolute atomic E-state index is 0.0688. The number of hydrogen-bond acceptors (Lipinski definition) is 10. The lowest BCUT2D eigenvalue weighted by atomic mass is 10.1. The Morgan fingerprint density at radius 2 is 2.03 bits per heavy atom. The zero-order chi connectivity index (χ0) is 23.0. The van der Waals surface area contributed by atoms with Crippen molar-refractivity contribution in [2.24, 2.45) is 0 Å². The highest BCUT2D eigenvalue weighted by Crippen LogP contribution is 2.32. The van der Waals surface area contributed by atoms with E-state index in [9.17, 15) is 29.6 Å². The molecule has 1 saturated heterocycles. The van der Waals surface area contributed by atoms with Crippen LogP contribution < -0.4 is 11.1 Å². The molecule has 12 nitrogen and oxygen atoms in total. The Balaban J connectivity index is 1.42. The van der Waals surface area contributed by atoms with Crippen LogP contribution in [0, 0.1) is 5.82 Å². The Kier molecular flexibility index (Phi) is 5.61. The van der Waals surface area contributed by atoms with Gasteiger partial charge >= 0.3 is 0 Å². The SMILES string of the molecule is Nc1ncnc2c1ncn2[C@@H]1O[C@H](/C=C/CNC(=O)c2cc(F)cc(O)c2O)[C@@H](O)[C@H]1O. The van der Waals surface area contributed by atoms with Gasteiger partial charge in [0.05, 0.1) is 11.9 Å². The number of aromatic hydroxyl groups is 2. The number of benzene rings is 1. The van der Waals surface area contributed by atoms with Crippen molar-refractivity contribution in [3.8, 4) is 11.5 Å². The number of nitrogens with two attached hydrogens (primary N) is 1. The summed E-state index contributed by atoms with van der Waals surface area (Å²) in [5.41, 5.74) is 5.97. The molecular weight excluding hydrogens is 427 g/mol. The highest BCUT2D eigenvalue weighted by Gasteiger charge is 2.43. The fraction of sp³-hybridized carbons (Fsp3) is 0.263. The van der Waals surface area contributed by atoms with Gasteiger partial charge in [-0.2, -0.15) is 0 Å². The number of fused-ring (bicyclic) bond motifs is 1. The van der Waals surface area contributed by atoms with Gasteiger partial charge in [0.2, 0.25) is 0 Å². The third kappa shape index (κ3) is 3.79. The number of aromatic nitrogens is 4. The topological polar surface area (TPSA) is 189 Å². The average molecular weight is 446 g/mol. The number of nitrogens with zero attached hydrogens (tertiary/aromatic N) is 4. The number of aliphatic hydroxyl groups excluding tert-OH is 2. The summed E-state index contributed by atoms with van der Waals surface area (Å²) in [5.74, 6) is -3.05. The molecule has 0 aliphatic carbocycles. The number of carbonyl (C=O) groups excluding carboxylic acids is 1. The maximum Gasteiger partial charge on any atom is 0.255 e. The van der Waals surface area contributed by atoms with Gasteiger partial charge in [-0.05, 0) is 6.07 Å². The zero-order valence-electron chi connectivity index (χ0n) is 16.3. The van der Waals surface area contributed by atoms with Crippen LogP contribution in [0.2, 0.25) is 0 Å². The molecule has 0 radical (unpaired) electrons. The van der Waals surface area contributed by atoms with E-state index in [0.717, 1.165) is 6.07 Å². The van der Waals surface area contributed by atoms with Crippen LogP contribution >= 0.6 is 0 Å². The highest BCUT2D eigenvalue weighted by atomic mass is 19.1. The summed E-state index contributed by atoms with van der Waals surface area (Å²) >= 11 is 0. The first-order chi connectivity index (χ1) is 15.3. The van der Waals surface area contributed by atoms with Crippen LogP contribution in [0.4, 0.5) is 10.2 Å². The highest BCUT2D eigenvalue weighted by molar-refractivity contribution is 5.97. The Hall–Kier alpha value is -3.81. The molecule has 0 unspecified atom stereocenters. The van der Waals surface area contributed by atoms with E-state index in [1.54, 1.807) is 0 Å². The van der Waals surface area contributed by atoms with Crippen molar-refractivity contribution in [1.29, 1.82) is 0 Å². The Morgan fingerprint density at radius 3 is 2.81 bits per heavy atom. The molecule has 3 aromatic rings. The van der Waals surface area contributed by atoms with Crippen LogP contribution in [0.1, 0.15) is 16.6 Å². The van der Waals surface area contributed by atoms with E-state index >= 15 is 0 Å². The second-order valence-electron chi connectivity index (χ2n) is 7.01. The average Bonchev–Trinajstić information content (AvgIpc) is 3.30. The summed E-state index contributed by atoms with van der Waals surface area (Å²) in [7, 11) is 0. The molecule has 13 heteroatoms. The molecule has 1 amide bonds. The zero-order valence-corrected chi connectivity index (χ0v) is 16.3. The lowest BCUT2D eigenvalue weighted by molar-refractivity contribution is -0.0245. The van der Waals surface area contributed by atoms with E-state index in [4.69, 9.17) is 10.5 Å². The molecule has 4 atom stereocenters. The number of aliphatic hydroxyl groups is 2. The van der Waals surface area contributed by atoms with Gasteiger partial charge in [0.15, 0.2) is 29.2 Å². The van der Waals surface area contributed by atoms with E-state index in [2.05, 4.69) is 20.3 Å². The molecule has 7 N–H and O–H groups in total. The summed E-state index contributed by atoms with van der Waals surface area (Å²) in [6, 6.07) is 1.46. The number of phenolic OH excluding ortho intramolecular Hbond substituents is 2. The van der Waals surface area contributed by atoms with Crippen LogP contribution in [0.15, 0.2) is 36.9 Å². The molecule has 3 heterocycles. The van der Waals surface area contributed by atoms with Crippen molar-refractivity contribution in [2.75, 3.05) is 12.3 Å². The van der Waals surface area contributed by atoms with Crippen molar-refractivity contribution in [3.63, 3.8) is 0 Å². The summed E-state index contributed by atoms with van der Waals surface area (Å²) in [5, 5.41) is 42.3. The largest absolute Gasteiger partial charge is 0.504 e. The van der Waals surface area contributed by atoms with E-state index in [-0.39, 0.29) is 12.4 Å². The predicted molar refractivity (Wildman–Crippen MR) is 107 cm³/mol. The minimum Gasteiger partial charge on any atom is -0.504 e. The van der Waals surface area contributed by atoms with Crippen LogP contribution in [0.3, 0.4) is 0 Å². The van der Waals surface area contributed by atoms with E-state index < -0.39 is 53.3 Å². The van der Waals surface area contributed by atoms with E-state index in [0.29, 0.717) is 17.2 Å². The Bertz CT molecular complexity index is 1200.